The Labute approximate surface area is 201 Å². The first-order valence-corrected chi connectivity index (χ1v) is 12.2. The van der Waals surface area contributed by atoms with Gasteiger partial charge in [-0.2, -0.15) is 0 Å². The van der Waals surface area contributed by atoms with Crippen LogP contribution in [0.15, 0.2) is 48.8 Å². The molecule has 1 aromatic heterocycles. The number of amides is 2. The van der Waals surface area contributed by atoms with Gasteiger partial charge in [-0.05, 0) is 49.6 Å². The molecule has 2 aromatic rings. The molecule has 2 fully saturated rings. The molecule has 0 radical (unpaired) electrons. The number of likely N-dealkylation sites (tertiary alicyclic amines) is 1. The van der Waals surface area contributed by atoms with Crippen molar-refractivity contribution in [3.8, 4) is 5.75 Å². The second-order valence-corrected chi connectivity index (χ2v) is 8.91. The van der Waals surface area contributed by atoms with Gasteiger partial charge in [0.25, 0.3) is 5.91 Å². The summed E-state index contributed by atoms with van der Waals surface area (Å²) in [6.45, 7) is 8.29. The molecule has 2 amide bonds. The van der Waals surface area contributed by atoms with Crippen molar-refractivity contribution >= 4 is 12.0 Å². The maximum absolute atomic E-state index is 12.7. The zero-order valence-corrected chi connectivity index (χ0v) is 19.9. The first-order valence-electron chi connectivity index (χ1n) is 12.2. The lowest BCUT2D eigenvalue weighted by atomic mass is 9.98. The highest BCUT2D eigenvalue weighted by molar-refractivity contribution is 5.94. The third-order valence-corrected chi connectivity index (χ3v) is 6.45. The Bertz CT molecular complexity index is 930. The fourth-order valence-corrected chi connectivity index (χ4v) is 4.53. The van der Waals surface area contributed by atoms with Crippen LogP contribution in [-0.2, 0) is 11.3 Å². The van der Waals surface area contributed by atoms with Crippen molar-refractivity contribution in [2.75, 3.05) is 52.5 Å². The first-order chi connectivity index (χ1) is 16.6. The van der Waals surface area contributed by atoms with Crippen molar-refractivity contribution < 1.29 is 19.1 Å². The molecule has 0 N–H and O–H groups in total. The van der Waals surface area contributed by atoms with Gasteiger partial charge in [0.1, 0.15) is 5.75 Å². The van der Waals surface area contributed by atoms with E-state index in [1.807, 2.05) is 24.0 Å². The topological polar surface area (TPSA) is 75.2 Å². The zero-order chi connectivity index (χ0) is 23.8. The Morgan fingerprint density at radius 1 is 0.971 bits per heavy atom. The minimum atomic E-state index is -0.216. The Morgan fingerprint density at radius 2 is 1.71 bits per heavy atom. The third kappa shape index (κ3) is 6.47. The number of carbonyl (C=O) groups excluding carboxylic acids is 2. The Morgan fingerprint density at radius 3 is 2.41 bits per heavy atom. The lowest BCUT2D eigenvalue weighted by Crippen LogP contribution is -2.48. The van der Waals surface area contributed by atoms with Crippen LogP contribution in [0.2, 0.25) is 0 Å². The fourth-order valence-electron chi connectivity index (χ4n) is 4.53. The number of ether oxygens (including phenoxy) is 2. The third-order valence-electron chi connectivity index (χ3n) is 6.45. The van der Waals surface area contributed by atoms with E-state index in [2.05, 4.69) is 22.0 Å². The summed E-state index contributed by atoms with van der Waals surface area (Å²) < 4.78 is 11.2. The quantitative estimate of drug-likeness (QED) is 0.623. The van der Waals surface area contributed by atoms with Crippen molar-refractivity contribution in [2.45, 2.75) is 26.3 Å². The molecule has 2 saturated heterocycles. The Kier molecular flexibility index (Phi) is 8.36. The molecule has 8 heteroatoms. The lowest BCUT2D eigenvalue weighted by Gasteiger charge is -2.34. The van der Waals surface area contributed by atoms with Crippen molar-refractivity contribution in [2.24, 2.45) is 5.92 Å². The van der Waals surface area contributed by atoms with Gasteiger partial charge in [0.05, 0.1) is 13.2 Å². The van der Waals surface area contributed by atoms with Gasteiger partial charge in [-0.1, -0.05) is 12.1 Å². The van der Waals surface area contributed by atoms with Crippen LogP contribution in [0.1, 0.15) is 35.7 Å². The number of carbonyl (C=O) groups is 2. The van der Waals surface area contributed by atoms with Crippen molar-refractivity contribution in [1.29, 1.82) is 0 Å². The number of pyridine rings is 1. The van der Waals surface area contributed by atoms with Gasteiger partial charge in [0.15, 0.2) is 0 Å². The van der Waals surface area contributed by atoms with Crippen LogP contribution in [0.4, 0.5) is 4.79 Å². The molecule has 3 heterocycles. The van der Waals surface area contributed by atoms with Crippen LogP contribution in [-0.4, -0.2) is 84.2 Å². The maximum atomic E-state index is 12.7. The van der Waals surface area contributed by atoms with Crippen LogP contribution in [0.5, 0.6) is 5.75 Å². The van der Waals surface area contributed by atoms with E-state index in [9.17, 15) is 9.59 Å². The first kappa shape index (κ1) is 24.0. The van der Waals surface area contributed by atoms with Gasteiger partial charge in [-0.15, -0.1) is 0 Å². The molecule has 1 atom stereocenters. The molecule has 0 aliphatic carbocycles. The van der Waals surface area contributed by atoms with Gasteiger partial charge in [-0.25, -0.2) is 4.79 Å². The molecule has 4 rings (SSSR count). The van der Waals surface area contributed by atoms with Gasteiger partial charge in [-0.3, -0.25) is 14.7 Å². The SMILES string of the molecule is CCOC(=O)N1CCN(Cc2ccc(OCC3CCCN(C(=O)c4ccncc4)C3)cc2)CC1. The minimum Gasteiger partial charge on any atom is -0.493 e. The summed E-state index contributed by atoms with van der Waals surface area (Å²) in [5, 5.41) is 0. The summed E-state index contributed by atoms with van der Waals surface area (Å²) in [5.74, 6) is 1.25. The number of piperazine rings is 1. The highest BCUT2D eigenvalue weighted by atomic mass is 16.6. The van der Waals surface area contributed by atoms with Crippen molar-refractivity contribution in [3.05, 3.63) is 59.9 Å². The predicted octanol–water partition coefficient (Wildman–Crippen LogP) is 3.29. The van der Waals surface area contributed by atoms with E-state index in [0.717, 1.165) is 51.3 Å². The largest absolute Gasteiger partial charge is 0.493 e. The zero-order valence-electron chi connectivity index (χ0n) is 19.9. The Balaban J connectivity index is 1.20. The summed E-state index contributed by atoms with van der Waals surface area (Å²) in [6.07, 6.45) is 5.16. The number of benzene rings is 1. The predicted molar refractivity (Wildman–Crippen MR) is 129 cm³/mol. The molecule has 0 spiro atoms. The van der Waals surface area contributed by atoms with E-state index in [0.29, 0.717) is 37.8 Å². The summed E-state index contributed by atoms with van der Waals surface area (Å²) in [5.41, 5.74) is 1.91. The number of piperidine rings is 1. The number of nitrogens with zero attached hydrogens (tertiary/aromatic N) is 4. The average molecular weight is 467 g/mol. The van der Waals surface area contributed by atoms with E-state index < -0.39 is 0 Å². The molecule has 34 heavy (non-hydrogen) atoms. The lowest BCUT2D eigenvalue weighted by molar-refractivity contribution is 0.0632. The molecule has 0 bridgehead atoms. The minimum absolute atomic E-state index is 0.0690. The molecule has 1 unspecified atom stereocenters. The number of aromatic nitrogens is 1. The summed E-state index contributed by atoms with van der Waals surface area (Å²) >= 11 is 0. The van der Waals surface area contributed by atoms with Gasteiger partial charge < -0.3 is 19.3 Å². The van der Waals surface area contributed by atoms with E-state index in [1.165, 1.54) is 5.56 Å². The number of rotatable bonds is 7. The van der Waals surface area contributed by atoms with E-state index in [1.54, 1.807) is 29.4 Å². The van der Waals surface area contributed by atoms with Crippen molar-refractivity contribution in [3.63, 3.8) is 0 Å². The number of hydrogen-bond acceptors (Lipinski definition) is 6. The number of hydrogen-bond donors (Lipinski definition) is 0. The average Bonchev–Trinajstić information content (AvgIpc) is 2.89. The normalized spacial score (nSPS) is 19.0. The summed E-state index contributed by atoms with van der Waals surface area (Å²) in [7, 11) is 0. The Hall–Kier alpha value is -3.13. The van der Waals surface area contributed by atoms with Crippen LogP contribution in [0.3, 0.4) is 0 Å². The van der Waals surface area contributed by atoms with Crippen molar-refractivity contribution in [1.82, 2.24) is 19.7 Å². The molecule has 182 valence electrons. The summed E-state index contributed by atoms with van der Waals surface area (Å²) in [6, 6.07) is 11.8. The molecule has 0 saturated carbocycles. The molecule has 8 nitrogen and oxygen atoms in total. The molecule has 2 aliphatic heterocycles. The molecule has 2 aliphatic rings. The highest BCUT2D eigenvalue weighted by Gasteiger charge is 2.25. The van der Waals surface area contributed by atoms with Gasteiger partial charge >= 0.3 is 6.09 Å². The van der Waals surface area contributed by atoms with E-state index in [4.69, 9.17) is 9.47 Å². The van der Waals surface area contributed by atoms with Crippen LogP contribution in [0, 0.1) is 5.92 Å². The smallest absolute Gasteiger partial charge is 0.409 e. The summed E-state index contributed by atoms with van der Waals surface area (Å²) in [4.78, 5) is 34.6. The second kappa shape index (κ2) is 11.8. The van der Waals surface area contributed by atoms with Gasteiger partial charge in [0.2, 0.25) is 0 Å². The molecule has 1 aromatic carbocycles. The maximum Gasteiger partial charge on any atom is 0.409 e. The standard InChI is InChI=1S/C26H34N4O4/c1-2-33-26(32)29-16-14-28(15-17-29)18-21-5-7-24(8-6-21)34-20-22-4-3-13-30(19-22)25(31)23-9-11-27-12-10-23/h5-12,22H,2-4,13-20H2,1H3. The van der Waals surface area contributed by atoms with Crippen LogP contribution in [0.25, 0.3) is 0 Å². The van der Waals surface area contributed by atoms with Crippen LogP contribution >= 0.6 is 0 Å². The second-order valence-electron chi connectivity index (χ2n) is 8.91. The van der Waals surface area contributed by atoms with E-state index in [-0.39, 0.29) is 12.0 Å². The van der Waals surface area contributed by atoms with E-state index >= 15 is 0 Å². The van der Waals surface area contributed by atoms with Crippen LogP contribution < -0.4 is 4.74 Å². The van der Waals surface area contributed by atoms with Gasteiger partial charge in [0, 0.05) is 69.7 Å². The monoisotopic (exact) mass is 466 g/mol. The highest BCUT2D eigenvalue weighted by Crippen LogP contribution is 2.21. The molecular formula is C26H34N4O4. The molecular weight excluding hydrogens is 432 g/mol. The fraction of sp³-hybridized carbons (Fsp3) is 0.500.